The van der Waals surface area contributed by atoms with E-state index in [0.29, 0.717) is 25.3 Å². The van der Waals surface area contributed by atoms with Crippen molar-refractivity contribution >= 4 is 17.7 Å². The first-order chi connectivity index (χ1) is 9.58. The molecule has 0 aliphatic heterocycles. The molecule has 2 amide bonds. The Balaban J connectivity index is 2.66. The number of ether oxygens (including phenoxy) is 2. The Hall–Kier alpha value is -2.28. The van der Waals surface area contributed by atoms with Crippen LogP contribution in [0.4, 0.5) is 10.5 Å². The number of carbonyl (C=O) groups excluding carboxylic acids is 1. The Morgan fingerprint density at radius 3 is 2.65 bits per heavy atom. The Kier molecular flexibility index (Phi) is 6.31. The maximum atomic E-state index is 11.6. The number of hydrogen-bond donors (Lipinski definition) is 3. The molecule has 0 saturated heterocycles. The third kappa shape index (κ3) is 4.77. The van der Waals surface area contributed by atoms with Crippen LogP contribution in [0.2, 0.25) is 0 Å². The van der Waals surface area contributed by atoms with Gasteiger partial charge in [0.2, 0.25) is 0 Å². The van der Waals surface area contributed by atoms with Crippen molar-refractivity contribution in [3.05, 3.63) is 23.8 Å². The number of hydrogen-bond acceptors (Lipinski definition) is 4. The predicted molar refractivity (Wildman–Crippen MR) is 73.5 cm³/mol. The number of aromatic carboxylic acids is 1. The minimum absolute atomic E-state index is 0.0311. The number of methoxy groups -OCH3 is 2. The number of carboxylic acids is 1. The van der Waals surface area contributed by atoms with Gasteiger partial charge < -0.3 is 25.2 Å². The fraction of sp³-hybridized carbons (Fsp3) is 0.385. The SMILES string of the molecule is COCCCNC(=O)Nc1ccc(OC)cc1C(=O)O. The lowest BCUT2D eigenvalue weighted by molar-refractivity contribution is 0.0697. The fourth-order valence-corrected chi connectivity index (χ4v) is 1.52. The second-order valence-corrected chi connectivity index (χ2v) is 3.94. The number of urea groups is 1. The molecule has 0 aliphatic carbocycles. The quantitative estimate of drug-likeness (QED) is 0.659. The van der Waals surface area contributed by atoms with Gasteiger partial charge in [-0.25, -0.2) is 9.59 Å². The molecule has 3 N–H and O–H groups in total. The molecule has 110 valence electrons. The number of carboxylic acid groups (broad SMARTS) is 1. The van der Waals surface area contributed by atoms with Gasteiger partial charge in [-0.1, -0.05) is 0 Å². The first-order valence-electron chi connectivity index (χ1n) is 6.03. The topological polar surface area (TPSA) is 96.9 Å². The normalized spacial score (nSPS) is 9.90. The van der Waals surface area contributed by atoms with Crippen LogP contribution >= 0.6 is 0 Å². The van der Waals surface area contributed by atoms with Gasteiger partial charge in [0.25, 0.3) is 0 Å². The van der Waals surface area contributed by atoms with Crippen molar-refractivity contribution in [2.24, 2.45) is 0 Å². The molecular formula is C13H18N2O5. The van der Waals surface area contributed by atoms with E-state index in [4.69, 9.17) is 14.6 Å². The van der Waals surface area contributed by atoms with Crippen molar-refractivity contribution in [1.82, 2.24) is 5.32 Å². The summed E-state index contributed by atoms with van der Waals surface area (Å²) in [5, 5.41) is 14.2. The summed E-state index contributed by atoms with van der Waals surface area (Å²) >= 11 is 0. The number of nitrogens with one attached hydrogen (secondary N) is 2. The zero-order valence-corrected chi connectivity index (χ0v) is 11.4. The molecule has 0 bridgehead atoms. The van der Waals surface area contributed by atoms with Crippen LogP contribution in [0, 0.1) is 0 Å². The van der Waals surface area contributed by atoms with Crippen LogP contribution < -0.4 is 15.4 Å². The Labute approximate surface area is 116 Å². The fourth-order valence-electron chi connectivity index (χ4n) is 1.52. The van der Waals surface area contributed by atoms with Gasteiger partial charge in [-0.2, -0.15) is 0 Å². The number of benzene rings is 1. The Morgan fingerprint density at radius 2 is 2.05 bits per heavy atom. The molecule has 0 radical (unpaired) electrons. The van der Waals surface area contributed by atoms with E-state index in [0.717, 1.165) is 0 Å². The van der Waals surface area contributed by atoms with Crippen molar-refractivity contribution in [3.8, 4) is 5.75 Å². The number of rotatable bonds is 7. The summed E-state index contributed by atoms with van der Waals surface area (Å²) in [6, 6.07) is 3.95. The van der Waals surface area contributed by atoms with E-state index in [-0.39, 0.29) is 11.3 Å². The number of amides is 2. The molecule has 0 aromatic heterocycles. The molecule has 7 heteroatoms. The molecule has 0 saturated carbocycles. The first kappa shape index (κ1) is 15.8. The molecular weight excluding hydrogens is 264 g/mol. The maximum Gasteiger partial charge on any atom is 0.337 e. The average Bonchev–Trinajstić information content (AvgIpc) is 2.43. The van der Waals surface area contributed by atoms with Crippen molar-refractivity contribution in [2.75, 3.05) is 32.7 Å². The molecule has 1 rings (SSSR count). The minimum atomic E-state index is -1.14. The van der Waals surface area contributed by atoms with Crippen molar-refractivity contribution in [2.45, 2.75) is 6.42 Å². The highest BCUT2D eigenvalue weighted by Crippen LogP contribution is 2.22. The van der Waals surface area contributed by atoms with Crippen LogP contribution in [-0.2, 0) is 4.74 Å². The Morgan fingerprint density at radius 1 is 1.30 bits per heavy atom. The van der Waals surface area contributed by atoms with Crippen molar-refractivity contribution in [1.29, 1.82) is 0 Å². The third-order valence-corrected chi connectivity index (χ3v) is 2.52. The molecule has 0 fully saturated rings. The Bertz CT molecular complexity index is 476. The summed E-state index contributed by atoms with van der Waals surface area (Å²) in [6.07, 6.45) is 0.679. The van der Waals surface area contributed by atoms with E-state index in [1.165, 1.54) is 19.2 Å². The van der Waals surface area contributed by atoms with Gasteiger partial charge in [0.05, 0.1) is 18.4 Å². The van der Waals surface area contributed by atoms with Crippen molar-refractivity contribution in [3.63, 3.8) is 0 Å². The van der Waals surface area contributed by atoms with E-state index in [9.17, 15) is 9.59 Å². The van der Waals surface area contributed by atoms with Gasteiger partial charge in [0, 0.05) is 20.3 Å². The zero-order chi connectivity index (χ0) is 15.0. The van der Waals surface area contributed by atoms with Crippen LogP contribution in [-0.4, -0.2) is 44.5 Å². The second kappa shape index (κ2) is 8.00. The van der Waals surface area contributed by atoms with Crippen molar-refractivity contribution < 1.29 is 24.2 Å². The lowest BCUT2D eigenvalue weighted by Crippen LogP contribution is -2.30. The monoisotopic (exact) mass is 282 g/mol. The molecule has 0 spiro atoms. The van der Waals surface area contributed by atoms with E-state index in [2.05, 4.69) is 10.6 Å². The maximum absolute atomic E-state index is 11.6. The summed E-state index contributed by atoms with van der Waals surface area (Å²) in [5.41, 5.74) is 0.180. The highest BCUT2D eigenvalue weighted by atomic mass is 16.5. The molecule has 1 aromatic carbocycles. The predicted octanol–water partition coefficient (Wildman–Crippen LogP) is 1.55. The molecule has 7 nitrogen and oxygen atoms in total. The summed E-state index contributed by atoms with van der Waals surface area (Å²) in [4.78, 5) is 22.7. The summed E-state index contributed by atoms with van der Waals surface area (Å²) < 4.78 is 9.81. The zero-order valence-electron chi connectivity index (χ0n) is 11.4. The molecule has 0 heterocycles. The molecule has 0 aliphatic rings. The van der Waals surface area contributed by atoms with Crippen LogP contribution in [0.1, 0.15) is 16.8 Å². The first-order valence-corrected chi connectivity index (χ1v) is 6.03. The molecule has 20 heavy (non-hydrogen) atoms. The minimum Gasteiger partial charge on any atom is -0.497 e. The summed E-state index contributed by atoms with van der Waals surface area (Å²) in [5.74, 6) is -0.730. The van der Waals surface area contributed by atoms with E-state index in [1.807, 2.05) is 0 Å². The third-order valence-electron chi connectivity index (χ3n) is 2.52. The van der Waals surface area contributed by atoms with Crippen LogP contribution in [0.3, 0.4) is 0 Å². The highest BCUT2D eigenvalue weighted by Gasteiger charge is 2.13. The van der Waals surface area contributed by atoms with Gasteiger partial charge in [0.15, 0.2) is 0 Å². The molecule has 1 aromatic rings. The van der Waals surface area contributed by atoms with Gasteiger partial charge in [-0.3, -0.25) is 0 Å². The highest BCUT2D eigenvalue weighted by molar-refractivity contribution is 6.00. The van der Waals surface area contributed by atoms with Gasteiger partial charge in [-0.05, 0) is 24.6 Å². The van der Waals surface area contributed by atoms with Crippen LogP contribution in [0.15, 0.2) is 18.2 Å². The number of carbonyl (C=O) groups is 2. The molecule has 0 unspecified atom stereocenters. The smallest absolute Gasteiger partial charge is 0.337 e. The van der Waals surface area contributed by atoms with Gasteiger partial charge in [-0.15, -0.1) is 0 Å². The average molecular weight is 282 g/mol. The van der Waals surface area contributed by atoms with Gasteiger partial charge in [0.1, 0.15) is 5.75 Å². The lowest BCUT2D eigenvalue weighted by atomic mass is 10.1. The second-order valence-electron chi connectivity index (χ2n) is 3.94. The largest absolute Gasteiger partial charge is 0.497 e. The summed E-state index contributed by atoms with van der Waals surface area (Å²) in [7, 11) is 3.02. The van der Waals surface area contributed by atoms with E-state index >= 15 is 0 Å². The number of anilines is 1. The van der Waals surface area contributed by atoms with E-state index in [1.54, 1.807) is 13.2 Å². The summed E-state index contributed by atoms with van der Waals surface area (Å²) in [6.45, 7) is 0.988. The van der Waals surface area contributed by atoms with E-state index < -0.39 is 12.0 Å². The standard InChI is InChI=1S/C13H18N2O5/c1-19-7-3-6-14-13(18)15-11-5-4-9(20-2)8-10(11)12(16)17/h4-5,8H,3,6-7H2,1-2H3,(H,16,17)(H2,14,15,18). The lowest BCUT2D eigenvalue weighted by Gasteiger charge is -2.11. The van der Waals surface area contributed by atoms with Crippen LogP contribution in [0.5, 0.6) is 5.75 Å². The molecule has 0 atom stereocenters. The van der Waals surface area contributed by atoms with Gasteiger partial charge >= 0.3 is 12.0 Å². The van der Waals surface area contributed by atoms with Crippen LogP contribution in [0.25, 0.3) is 0 Å².